The largest absolute Gasteiger partial charge is 0.545 e. The number of fused-ring (bicyclic) bond motifs is 1. The van der Waals surface area contributed by atoms with Crippen molar-refractivity contribution in [3.63, 3.8) is 0 Å². The van der Waals surface area contributed by atoms with Gasteiger partial charge >= 0.3 is 0 Å². The Kier molecular flexibility index (Phi) is 2.23. The predicted octanol–water partition coefficient (Wildman–Crippen LogP) is 0.385. The number of benzene rings is 1. The Hall–Kier alpha value is -1.77. The molecule has 1 aliphatic heterocycles. The molecular formula is C11H9O3-. The first kappa shape index (κ1) is 8.81. The summed E-state index contributed by atoms with van der Waals surface area (Å²) in [5.74, 6) is -0.280. The fraction of sp³-hybridized carbons (Fsp3) is 0.182. The number of aliphatic carboxylic acids is 1. The molecule has 0 N–H and O–H groups in total. The lowest BCUT2D eigenvalue weighted by Gasteiger charge is -1.99. The third-order valence-electron chi connectivity index (χ3n) is 2.13. The monoisotopic (exact) mass is 189 g/mol. The van der Waals surface area contributed by atoms with Crippen LogP contribution in [0.15, 0.2) is 24.3 Å². The van der Waals surface area contributed by atoms with Gasteiger partial charge in [-0.1, -0.05) is 12.1 Å². The lowest BCUT2D eigenvalue weighted by molar-refractivity contribution is -0.297. The second-order valence-corrected chi connectivity index (χ2v) is 3.12. The molecule has 1 aromatic rings. The van der Waals surface area contributed by atoms with Crippen LogP contribution in [0.3, 0.4) is 0 Å². The molecule has 0 atom stereocenters. The quantitative estimate of drug-likeness (QED) is 0.632. The third-order valence-corrected chi connectivity index (χ3v) is 2.13. The van der Waals surface area contributed by atoms with Gasteiger partial charge in [0.2, 0.25) is 0 Å². The van der Waals surface area contributed by atoms with Gasteiger partial charge in [0.1, 0.15) is 5.75 Å². The molecule has 1 aliphatic rings. The van der Waals surface area contributed by atoms with Crippen LogP contribution in [0.5, 0.6) is 5.75 Å². The highest BCUT2D eigenvalue weighted by atomic mass is 16.5. The minimum atomic E-state index is -1.18. The van der Waals surface area contributed by atoms with E-state index in [-0.39, 0.29) is 0 Å². The molecule has 0 aliphatic carbocycles. The van der Waals surface area contributed by atoms with Gasteiger partial charge in [-0.15, -0.1) is 0 Å². The average molecular weight is 189 g/mol. The Balaban J connectivity index is 2.25. The Bertz CT molecular complexity index is 394. The number of rotatable bonds is 2. The van der Waals surface area contributed by atoms with Gasteiger partial charge in [0.15, 0.2) is 0 Å². The molecular weight excluding hydrogens is 180 g/mol. The summed E-state index contributed by atoms with van der Waals surface area (Å²) in [5, 5.41) is 10.2. The summed E-state index contributed by atoms with van der Waals surface area (Å²) in [7, 11) is 0. The summed E-state index contributed by atoms with van der Waals surface area (Å²) in [5.41, 5.74) is 1.99. The van der Waals surface area contributed by atoms with E-state index < -0.39 is 5.97 Å². The van der Waals surface area contributed by atoms with Crippen LogP contribution in [-0.2, 0) is 11.2 Å². The van der Waals surface area contributed by atoms with Gasteiger partial charge in [-0.3, -0.25) is 0 Å². The number of hydrogen-bond donors (Lipinski definition) is 0. The van der Waals surface area contributed by atoms with Crippen molar-refractivity contribution in [1.82, 2.24) is 0 Å². The molecule has 1 aromatic carbocycles. The van der Waals surface area contributed by atoms with E-state index in [1.165, 1.54) is 6.08 Å². The fourth-order valence-electron chi connectivity index (χ4n) is 1.47. The van der Waals surface area contributed by atoms with Gasteiger partial charge in [-0.05, 0) is 29.3 Å². The van der Waals surface area contributed by atoms with Crippen LogP contribution in [0.25, 0.3) is 6.08 Å². The van der Waals surface area contributed by atoms with Crippen molar-refractivity contribution >= 4 is 12.0 Å². The van der Waals surface area contributed by atoms with Gasteiger partial charge in [0.25, 0.3) is 0 Å². The lowest BCUT2D eigenvalue weighted by atomic mass is 10.1. The second kappa shape index (κ2) is 3.54. The Morgan fingerprint density at radius 3 is 3.14 bits per heavy atom. The van der Waals surface area contributed by atoms with Crippen LogP contribution in [0.4, 0.5) is 0 Å². The number of carbonyl (C=O) groups is 1. The molecule has 0 fully saturated rings. The second-order valence-electron chi connectivity index (χ2n) is 3.12. The van der Waals surface area contributed by atoms with Crippen LogP contribution in [0.2, 0.25) is 0 Å². The van der Waals surface area contributed by atoms with Crippen LogP contribution in [0.1, 0.15) is 11.1 Å². The number of ether oxygens (including phenoxy) is 1. The first-order valence-electron chi connectivity index (χ1n) is 4.40. The highest BCUT2D eigenvalue weighted by Gasteiger charge is 2.10. The van der Waals surface area contributed by atoms with E-state index in [0.717, 1.165) is 29.4 Å². The van der Waals surface area contributed by atoms with Crippen molar-refractivity contribution < 1.29 is 14.6 Å². The van der Waals surface area contributed by atoms with Crippen LogP contribution >= 0.6 is 0 Å². The predicted molar refractivity (Wildman–Crippen MR) is 49.7 cm³/mol. The van der Waals surface area contributed by atoms with E-state index in [9.17, 15) is 9.90 Å². The van der Waals surface area contributed by atoms with Gasteiger partial charge in [0.05, 0.1) is 12.6 Å². The maximum atomic E-state index is 10.2. The van der Waals surface area contributed by atoms with Crippen molar-refractivity contribution in [1.29, 1.82) is 0 Å². The van der Waals surface area contributed by atoms with Crippen LogP contribution < -0.4 is 9.84 Å². The maximum Gasteiger partial charge on any atom is 0.122 e. The molecule has 1 heterocycles. The summed E-state index contributed by atoms with van der Waals surface area (Å²) in [4.78, 5) is 10.2. The molecule has 0 bridgehead atoms. The summed E-state index contributed by atoms with van der Waals surface area (Å²) in [6, 6.07) is 5.61. The highest BCUT2D eigenvalue weighted by Crippen LogP contribution is 2.26. The maximum absolute atomic E-state index is 10.2. The Morgan fingerprint density at radius 2 is 2.36 bits per heavy atom. The van der Waals surface area contributed by atoms with E-state index >= 15 is 0 Å². The van der Waals surface area contributed by atoms with Crippen molar-refractivity contribution in [3.05, 3.63) is 35.4 Å². The number of hydrogen-bond acceptors (Lipinski definition) is 3. The molecule has 0 saturated carbocycles. The molecule has 0 saturated heterocycles. The zero-order chi connectivity index (χ0) is 9.97. The van der Waals surface area contributed by atoms with Crippen molar-refractivity contribution in [2.24, 2.45) is 0 Å². The number of carboxylic acid groups (broad SMARTS) is 1. The minimum Gasteiger partial charge on any atom is -0.545 e. The molecule has 0 unspecified atom stereocenters. The zero-order valence-electron chi connectivity index (χ0n) is 7.53. The molecule has 2 rings (SSSR count). The first-order valence-corrected chi connectivity index (χ1v) is 4.40. The van der Waals surface area contributed by atoms with Crippen molar-refractivity contribution in [2.45, 2.75) is 6.42 Å². The number of carbonyl (C=O) groups excluding carboxylic acids is 1. The van der Waals surface area contributed by atoms with Crippen molar-refractivity contribution in [2.75, 3.05) is 6.61 Å². The normalized spacial score (nSPS) is 14.0. The third kappa shape index (κ3) is 1.76. The molecule has 0 aromatic heterocycles. The standard InChI is InChI=1S/C11H10O3/c12-11(13)4-2-8-1-3-10-9(7-8)5-6-14-10/h1-4,7H,5-6H2,(H,12,13)/p-1/b4-2+. The van der Waals surface area contributed by atoms with Gasteiger partial charge in [-0.2, -0.15) is 0 Å². The lowest BCUT2D eigenvalue weighted by Crippen LogP contribution is -2.18. The topological polar surface area (TPSA) is 49.4 Å². The fourth-order valence-corrected chi connectivity index (χ4v) is 1.47. The SMILES string of the molecule is O=C([O-])/C=C/c1ccc2c(c1)CCO2. The van der Waals surface area contributed by atoms with Crippen LogP contribution in [0, 0.1) is 0 Å². The Morgan fingerprint density at radius 1 is 1.50 bits per heavy atom. The molecule has 72 valence electrons. The summed E-state index contributed by atoms with van der Waals surface area (Å²) >= 11 is 0. The summed E-state index contributed by atoms with van der Waals surface area (Å²) < 4.78 is 5.33. The zero-order valence-corrected chi connectivity index (χ0v) is 7.53. The smallest absolute Gasteiger partial charge is 0.122 e. The van der Waals surface area contributed by atoms with E-state index in [0.29, 0.717) is 6.61 Å². The van der Waals surface area contributed by atoms with Gasteiger partial charge in [-0.25, -0.2) is 0 Å². The highest BCUT2D eigenvalue weighted by molar-refractivity contribution is 5.83. The number of carboxylic acids is 1. The van der Waals surface area contributed by atoms with Crippen LogP contribution in [-0.4, -0.2) is 12.6 Å². The molecule has 0 spiro atoms. The van der Waals surface area contributed by atoms with Gasteiger partial charge in [0, 0.05) is 6.42 Å². The minimum absolute atomic E-state index is 0.711. The molecule has 0 radical (unpaired) electrons. The van der Waals surface area contributed by atoms with E-state index in [1.807, 2.05) is 18.2 Å². The van der Waals surface area contributed by atoms with E-state index in [4.69, 9.17) is 4.74 Å². The Labute approximate surface area is 81.6 Å². The molecule has 0 amide bonds. The molecule has 14 heavy (non-hydrogen) atoms. The van der Waals surface area contributed by atoms with E-state index in [1.54, 1.807) is 0 Å². The van der Waals surface area contributed by atoms with Crippen molar-refractivity contribution in [3.8, 4) is 5.75 Å². The first-order chi connectivity index (χ1) is 6.75. The summed E-state index contributed by atoms with van der Waals surface area (Å²) in [6.45, 7) is 0.711. The molecule has 3 nitrogen and oxygen atoms in total. The summed E-state index contributed by atoms with van der Waals surface area (Å²) in [6.07, 6.45) is 3.44. The van der Waals surface area contributed by atoms with E-state index in [2.05, 4.69) is 0 Å². The van der Waals surface area contributed by atoms with Gasteiger partial charge < -0.3 is 14.6 Å². The molecule has 3 heteroatoms. The average Bonchev–Trinajstić information content (AvgIpc) is 2.61.